The molecular weight excluding hydrogens is 300 g/mol. The van der Waals surface area contributed by atoms with Gasteiger partial charge in [-0.3, -0.25) is 4.90 Å². The Kier molecular flexibility index (Phi) is 5.51. The van der Waals surface area contributed by atoms with Crippen LogP contribution in [0.15, 0.2) is 40.8 Å². The number of nitrogens with zero attached hydrogens (tertiary/aromatic N) is 1. The molecule has 2 aromatic rings. The molecule has 1 aliphatic rings. The van der Waals surface area contributed by atoms with Crippen LogP contribution in [0.5, 0.6) is 0 Å². The summed E-state index contributed by atoms with van der Waals surface area (Å²) >= 11 is 5.90. The molecule has 22 heavy (non-hydrogen) atoms. The van der Waals surface area contributed by atoms with E-state index in [0.717, 1.165) is 68.0 Å². The molecule has 0 unspecified atom stereocenters. The topological polar surface area (TPSA) is 37.6 Å². The van der Waals surface area contributed by atoms with Gasteiger partial charge in [0.25, 0.3) is 0 Å². The van der Waals surface area contributed by atoms with Crippen molar-refractivity contribution in [2.24, 2.45) is 0 Å². The Morgan fingerprint density at radius 1 is 1.05 bits per heavy atom. The summed E-state index contributed by atoms with van der Waals surface area (Å²) in [4.78, 5) is 2.41. The lowest BCUT2D eigenvalue weighted by Gasteiger charge is -2.26. The van der Waals surface area contributed by atoms with E-state index < -0.39 is 0 Å². The van der Waals surface area contributed by atoms with Gasteiger partial charge in [0.05, 0.1) is 19.8 Å². The van der Waals surface area contributed by atoms with E-state index >= 15 is 0 Å². The first-order valence-electron chi connectivity index (χ1n) is 7.67. The van der Waals surface area contributed by atoms with E-state index in [1.165, 1.54) is 0 Å². The number of morpholine rings is 1. The molecule has 2 heterocycles. The van der Waals surface area contributed by atoms with Crippen LogP contribution in [-0.4, -0.2) is 44.3 Å². The second kappa shape index (κ2) is 7.79. The van der Waals surface area contributed by atoms with Gasteiger partial charge < -0.3 is 14.5 Å². The van der Waals surface area contributed by atoms with Crippen molar-refractivity contribution in [3.05, 3.63) is 47.2 Å². The van der Waals surface area contributed by atoms with Crippen molar-refractivity contribution in [2.45, 2.75) is 6.54 Å². The summed E-state index contributed by atoms with van der Waals surface area (Å²) in [7, 11) is 0. The summed E-state index contributed by atoms with van der Waals surface area (Å²) < 4.78 is 11.2. The number of rotatable bonds is 6. The summed E-state index contributed by atoms with van der Waals surface area (Å²) in [6, 6.07) is 11.7. The van der Waals surface area contributed by atoms with Gasteiger partial charge in [-0.25, -0.2) is 0 Å². The molecule has 1 N–H and O–H groups in total. The molecule has 0 saturated carbocycles. The quantitative estimate of drug-likeness (QED) is 0.830. The molecule has 3 rings (SSSR count). The molecule has 118 valence electrons. The fourth-order valence-electron chi connectivity index (χ4n) is 2.52. The van der Waals surface area contributed by atoms with Crippen molar-refractivity contribution in [3.63, 3.8) is 0 Å². The van der Waals surface area contributed by atoms with Crippen molar-refractivity contribution < 1.29 is 9.15 Å². The highest BCUT2D eigenvalue weighted by Gasteiger charge is 2.09. The lowest BCUT2D eigenvalue weighted by Crippen LogP contribution is -2.40. The highest BCUT2D eigenvalue weighted by molar-refractivity contribution is 6.30. The first-order chi connectivity index (χ1) is 10.8. The minimum absolute atomic E-state index is 0.736. The second-order valence-electron chi connectivity index (χ2n) is 5.40. The van der Waals surface area contributed by atoms with Crippen molar-refractivity contribution in [1.82, 2.24) is 10.2 Å². The van der Waals surface area contributed by atoms with Crippen molar-refractivity contribution in [2.75, 3.05) is 39.4 Å². The largest absolute Gasteiger partial charge is 0.460 e. The summed E-state index contributed by atoms with van der Waals surface area (Å²) in [5.41, 5.74) is 1.05. The molecule has 0 radical (unpaired) electrons. The van der Waals surface area contributed by atoms with E-state index in [1.807, 2.05) is 36.4 Å². The van der Waals surface area contributed by atoms with Crippen LogP contribution in [0.25, 0.3) is 11.3 Å². The second-order valence-corrected chi connectivity index (χ2v) is 5.84. The maximum atomic E-state index is 5.90. The fraction of sp³-hybridized carbons (Fsp3) is 0.412. The van der Waals surface area contributed by atoms with E-state index in [4.69, 9.17) is 20.8 Å². The number of benzene rings is 1. The highest BCUT2D eigenvalue weighted by Crippen LogP contribution is 2.23. The highest BCUT2D eigenvalue weighted by atomic mass is 35.5. The summed E-state index contributed by atoms with van der Waals surface area (Å²) in [6.07, 6.45) is 0. The third-order valence-electron chi connectivity index (χ3n) is 3.80. The van der Waals surface area contributed by atoms with Gasteiger partial charge in [0.2, 0.25) is 0 Å². The van der Waals surface area contributed by atoms with Crippen LogP contribution in [-0.2, 0) is 11.3 Å². The monoisotopic (exact) mass is 320 g/mol. The van der Waals surface area contributed by atoms with Crippen LogP contribution < -0.4 is 5.32 Å². The van der Waals surface area contributed by atoms with Gasteiger partial charge in [-0.2, -0.15) is 0 Å². The lowest BCUT2D eigenvalue weighted by molar-refractivity contribution is 0.0383. The molecular formula is C17H21ClN2O2. The number of hydrogen-bond acceptors (Lipinski definition) is 4. The third-order valence-corrected chi connectivity index (χ3v) is 4.05. The molecule has 1 saturated heterocycles. The molecule has 0 aliphatic carbocycles. The molecule has 1 fully saturated rings. The Morgan fingerprint density at radius 3 is 2.59 bits per heavy atom. The normalized spacial score (nSPS) is 16.0. The van der Waals surface area contributed by atoms with Crippen LogP contribution in [0.3, 0.4) is 0 Å². The minimum atomic E-state index is 0.736. The maximum Gasteiger partial charge on any atom is 0.134 e. The third kappa shape index (κ3) is 4.34. The Bertz CT molecular complexity index is 577. The zero-order chi connectivity index (χ0) is 15.2. The predicted molar refractivity (Wildman–Crippen MR) is 88.1 cm³/mol. The number of nitrogens with one attached hydrogen (secondary N) is 1. The van der Waals surface area contributed by atoms with E-state index in [-0.39, 0.29) is 0 Å². The molecule has 0 atom stereocenters. The summed E-state index contributed by atoms with van der Waals surface area (Å²) in [5, 5.41) is 4.16. The van der Waals surface area contributed by atoms with Gasteiger partial charge in [0.15, 0.2) is 0 Å². The van der Waals surface area contributed by atoms with Crippen LogP contribution in [0, 0.1) is 0 Å². The first kappa shape index (κ1) is 15.6. The van der Waals surface area contributed by atoms with Crippen molar-refractivity contribution in [3.8, 4) is 11.3 Å². The van der Waals surface area contributed by atoms with E-state index in [0.29, 0.717) is 0 Å². The van der Waals surface area contributed by atoms with Gasteiger partial charge in [-0.05, 0) is 36.4 Å². The average Bonchev–Trinajstić information content (AvgIpc) is 3.02. The van der Waals surface area contributed by atoms with E-state index in [9.17, 15) is 0 Å². The standard InChI is InChI=1S/C17H21ClN2O2/c18-15-3-1-14(2-4-15)17-6-5-16(22-17)13-19-7-8-20-9-11-21-12-10-20/h1-6,19H,7-13H2. The minimum Gasteiger partial charge on any atom is -0.460 e. The zero-order valence-electron chi connectivity index (χ0n) is 12.6. The van der Waals surface area contributed by atoms with Gasteiger partial charge in [0.1, 0.15) is 11.5 Å². The van der Waals surface area contributed by atoms with Crippen LogP contribution in [0.1, 0.15) is 5.76 Å². The fourth-order valence-corrected chi connectivity index (χ4v) is 2.64. The molecule has 4 nitrogen and oxygen atoms in total. The van der Waals surface area contributed by atoms with Gasteiger partial charge in [-0.1, -0.05) is 11.6 Å². The zero-order valence-corrected chi connectivity index (χ0v) is 13.3. The molecule has 1 aromatic carbocycles. The van der Waals surface area contributed by atoms with Crippen LogP contribution >= 0.6 is 11.6 Å². The number of furan rings is 1. The van der Waals surface area contributed by atoms with Gasteiger partial charge in [-0.15, -0.1) is 0 Å². The number of ether oxygens (including phenoxy) is 1. The molecule has 1 aliphatic heterocycles. The molecule has 5 heteroatoms. The predicted octanol–water partition coefficient (Wildman–Crippen LogP) is 3.02. The first-order valence-corrected chi connectivity index (χ1v) is 8.04. The van der Waals surface area contributed by atoms with Crippen molar-refractivity contribution >= 4 is 11.6 Å². The molecule has 0 spiro atoms. The Hall–Kier alpha value is -1.33. The molecule has 0 bridgehead atoms. The Labute approximate surface area is 136 Å². The Balaban J connectivity index is 1.44. The van der Waals surface area contributed by atoms with E-state index in [1.54, 1.807) is 0 Å². The number of hydrogen-bond donors (Lipinski definition) is 1. The van der Waals surface area contributed by atoms with Gasteiger partial charge >= 0.3 is 0 Å². The SMILES string of the molecule is Clc1ccc(-c2ccc(CNCCN3CCOCC3)o2)cc1. The average molecular weight is 321 g/mol. The number of halogens is 1. The molecule has 0 amide bonds. The van der Waals surface area contributed by atoms with Crippen LogP contribution in [0.4, 0.5) is 0 Å². The van der Waals surface area contributed by atoms with Gasteiger partial charge in [0, 0.05) is 36.8 Å². The smallest absolute Gasteiger partial charge is 0.134 e. The van der Waals surface area contributed by atoms with Crippen molar-refractivity contribution in [1.29, 1.82) is 0 Å². The molecule has 1 aromatic heterocycles. The summed E-state index contributed by atoms with van der Waals surface area (Å²) in [6.45, 7) is 6.51. The van der Waals surface area contributed by atoms with E-state index in [2.05, 4.69) is 10.2 Å². The lowest BCUT2D eigenvalue weighted by atomic mass is 10.2. The maximum absolute atomic E-state index is 5.90. The summed E-state index contributed by atoms with van der Waals surface area (Å²) in [5.74, 6) is 1.83. The Morgan fingerprint density at radius 2 is 1.82 bits per heavy atom. The van der Waals surface area contributed by atoms with Crippen LogP contribution in [0.2, 0.25) is 5.02 Å².